The largest absolute Gasteiger partial charge is 0.339 e. The zero-order chi connectivity index (χ0) is 20.1. The lowest BCUT2D eigenvalue weighted by Crippen LogP contribution is -2.39. The molecule has 0 radical (unpaired) electrons. The Morgan fingerprint density at radius 2 is 1.97 bits per heavy atom. The second kappa shape index (κ2) is 8.82. The van der Waals surface area contributed by atoms with Crippen LogP contribution < -0.4 is 0 Å². The first-order chi connectivity index (χ1) is 14.2. The Kier molecular flexibility index (Phi) is 5.79. The van der Waals surface area contributed by atoms with E-state index in [1.807, 2.05) is 41.3 Å². The summed E-state index contributed by atoms with van der Waals surface area (Å²) in [5.41, 5.74) is 1.33. The van der Waals surface area contributed by atoms with E-state index in [0.717, 1.165) is 24.9 Å². The average molecular weight is 391 g/mol. The maximum Gasteiger partial charge on any atom is 0.246 e. The summed E-state index contributed by atoms with van der Waals surface area (Å²) < 4.78 is 19.2. The number of carbonyl (C=O) groups is 1. The van der Waals surface area contributed by atoms with Gasteiger partial charge in [-0.2, -0.15) is 4.98 Å². The third-order valence-corrected chi connectivity index (χ3v) is 5.09. The molecule has 29 heavy (non-hydrogen) atoms. The number of rotatable bonds is 5. The van der Waals surface area contributed by atoms with E-state index in [2.05, 4.69) is 10.1 Å². The van der Waals surface area contributed by atoms with E-state index in [-0.39, 0.29) is 23.5 Å². The Morgan fingerprint density at radius 1 is 1.17 bits per heavy atom. The summed E-state index contributed by atoms with van der Waals surface area (Å²) in [5.74, 6) is 0.609. The molecule has 1 amide bonds. The van der Waals surface area contributed by atoms with Gasteiger partial charge >= 0.3 is 0 Å². The van der Waals surface area contributed by atoms with Gasteiger partial charge in [-0.05, 0) is 42.5 Å². The number of halogens is 1. The SMILES string of the molecule is O=C(C=Cc1ccccc1)N1CCCC(Cc2nc(-c3ccccc3F)no2)C1. The first kappa shape index (κ1) is 19.1. The average Bonchev–Trinajstić information content (AvgIpc) is 3.21. The molecule has 6 heteroatoms. The zero-order valence-corrected chi connectivity index (χ0v) is 16.0. The Hall–Kier alpha value is -3.28. The van der Waals surface area contributed by atoms with E-state index in [1.165, 1.54) is 6.07 Å². The fourth-order valence-corrected chi connectivity index (χ4v) is 3.61. The van der Waals surface area contributed by atoms with E-state index >= 15 is 0 Å². The summed E-state index contributed by atoms with van der Waals surface area (Å²) in [4.78, 5) is 18.8. The van der Waals surface area contributed by atoms with Gasteiger partial charge < -0.3 is 9.42 Å². The Balaban J connectivity index is 1.37. The normalized spacial score (nSPS) is 17.0. The van der Waals surface area contributed by atoms with Gasteiger partial charge in [0.25, 0.3) is 0 Å². The number of piperidine rings is 1. The van der Waals surface area contributed by atoms with Crippen LogP contribution in [0, 0.1) is 11.7 Å². The standard InChI is InChI=1S/C23H22FN3O2/c24-20-11-5-4-10-19(20)23-25-21(29-26-23)15-18-9-6-14-27(16-18)22(28)13-12-17-7-2-1-3-8-17/h1-5,7-8,10-13,18H,6,9,14-16H2. The van der Waals surface area contributed by atoms with Crippen LogP contribution in [0.2, 0.25) is 0 Å². The van der Waals surface area contributed by atoms with Crippen LogP contribution >= 0.6 is 0 Å². The van der Waals surface area contributed by atoms with Gasteiger partial charge in [0.15, 0.2) is 0 Å². The molecule has 0 spiro atoms. The van der Waals surface area contributed by atoms with Crippen LogP contribution in [0.3, 0.4) is 0 Å². The van der Waals surface area contributed by atoms with Crippen molar-refractivity contribution in [3.05, 3.63) is 77.9 Å². The summed E-state index contributed by atoms with van der Waals surface area (Å²) in [6.45, 7) is 1.40. The fourth-order valence-electron chi connectivity index (χ4n) is 3.61. The molecule has 2 heterocycles. The number of carbonyl (C=O) groups excluding carboxylic acids is 1. The third kappa shape index (κ3) is 4.77. The summed E-state index contributed by atoms with van der Waals surface area (Å²) in [6.07, 6.45) is 5.96. The Morgan fingerprint density at radius 3 is 2.79 bits per heavy atom. The first-order valence-corrected chi connectivity index (χ1v) is 9.78. The summed E-state index contributed by atoms with van der Waals surface area (Å²) in [6, 6.07) is 16.1. The molecule has 1 aliphatic rings. The van der Waals surface area contributed by atoms with Gasteiger partial charge in [-0.25, -0.2) is 4.39 Å². The highest BCUT2D eigenvalue weighted by molar-refractivity contribution is 5.91. The second-order valence-corrected chi connectivity index (χ2v) is 7.23. The number of nitrogens with zero attached hydrogens (tertiary/aromatic N) is 3. The van der Waals surface area contributed by atoms with Gasteiger partial charge in [-0.15, -0.1) is 0 Å². The third-order valence-electron chi connectivity index (χ3n) is 5.09. The van der Waals surface area contributed by atoms with Gasteiger partial charge in [0.05, 0.1) is 5.56 Å². The predicted molar refractivity (Wildman–Crippen MR) is 108 cm³/mol. The van der Waals surface area contributed by atoms with Crippen LogP contribution in [0.1, 0.15) is 24.3 Å². The van der Waals surface area contributed by atoms with Gasteiger partial charge in [0.1, 0.15) is 5.82 Å². The quantitative estimate of drug-likeness (QED) is 0.606. The molecule has 0 N–H and O–H groups in total. The van der Waals surface area contributed by atoms with Crippen molar-refractivity contribution in [1.82, 2.24) is 15.0 Å². The summed E-state index contributed by atoms with van der Waals surface area (Å²) >= 11 is 0. The number of aromatic nitrogens is 2. The van der Waals surface area contributed by atoms with Crippen molar-refractivity contribution in [2.45, 2.75) is 19.3 Å². The van der Waals surface area contributed by atoms with Crippen molar-refractivity contribution < 1.29 is 13.7 Å². The van der Waals surface area contributed by atoms with Crippen molar-refractivity contribution in [3.8, 4) is 11.4 Å². The maximum atomic E-state index is 13.9. The molecule has 2 aromatic carbocycles. The lowest BCUT2D eigenvalue weighted by atomic mass is 9.94. The van der Waals surface area contributed by atoms with Crippen molar-refractivity contribution in [1.29, 1.82) is 0 Å². The number of benzene rings is 2. The predicted octanol–water partition coefficient (Wildman–Crippen LogP) is 4.37. The van der Waals surface area contributed by atoms with Gasteiger partial charge in [-0.1, -0.05) is 47.6 Å². The number of hydrogen-bond donors (Lipinski definition) is 0. The van der Waals surface area contributed by atoms with Crippen LogP contribution in [-0.2, 0) is 11.2 Å². The van der Waals surface area contributed by atoms with Crippen LogP contribution in [0.4, 0.5) is 4.39 Å². The highest BCUT2D eigenvalue weighted by atomic mass is 19.1. The minimum atomic E-state index is -0.375. The van der Waals surface area contributed by atoms with E-state index in [9.17, 15) is 9.18 Å². The summed E-state index contributed by atoms with van der Waals surface area (Å²) in [5, 5.41) is 3.91. The van der Waals surface area contributed by atoms with Gasteiger partial charge in [0, 0.05) is 25.6 Å². The van der Waals surface area contributed by atoms with Crippen LogP contribution in [0.5, 0.6) is 0 Å². The molecular formula is C23H22FN3O2. The lowest BCUT2D eigenvalue weighted by Gasteiger charge is -2.31. The van der Waals surface area contributed by atoms with Gasteiger partial charge in [-0.3, -0.25) is 4.79 Å². The fraction of sp³-hybridized carbons (Fsp3) is 0.261. The Labute approximate surface area is 168 Å². The maximum absolute atomic E-state index is 13.9. The van der Waals surface area contributed by atoms with Crippen LogP contribution in [-0.4, -0.2) is 34.0 Å². The van der Waals surface area contributed by atoms with Crippen molar-refractivity contribution >= 4 is 12.0 Å². The van der Waals surface area contributed by atoms with Crippen LogP contribution in [0.25, 0.3) is 17.5 Å². The molecule has 0 saturated carbocycles. The molecule has 1 aromatic heterocycles. The molecule has 5 nitrogen and oxygen atoms in total. The van der Waals surface area contributed by atoms with E-state index in [0.29, 0.717) is 24.4 Å². The van der Waals surface area contributed by atoms with Crippen molar-refractivity contribution in [3.63, 3.8) is 0 Å². The topological polar surface area (TPSA) is 59.2 Å². The second-order valence-electron chi connectivity index (χ2n) is 7.23. The summed E-state index contributed by atoms with van der Waals surface area (Å²) in [7, 11) is 0. The molecule has 0 bridgehead atoms. The van der Waals surface area contributed by atoms with E-state index < -0.39 is 0 Å². The molecule has 1 fully saturated rings. The molecule has 1 aliphatic heterocycles. The Bertz CT molecular complexity index is 1000. The minimum absolute atomic E-state index is 0.0103. The van der Waals surface area contributed by atoms with Crippen LogP contribution in [0.15, 0.2) is 65.2 Å². The molecule has 1 unspecified atom stereocenters. The molecule has 148 valence electrons. The van der Waals surface area contributed by atoms with Crippen molar-refractivity contribution in [2.24, 2.45) is 5.92 Å². The van der Waals surface area contributed by atoms with Gasteiger partial charge in [0.2, 0.25) is 17.6 Å². The highest BCUT2D eigenvalue weighted by Gasteiger charge is 2.25. The number of amides is 1. The highest BCUT2D eigenvalue weighted by Crippen LogP contribution is 2.23. The number of likely N-dealkylation sites (tertiary alicyclic amines) is 1. The lowest BCUT2D eigenvalue weighted by molar-refractivity contribution is -0.127. The smallest absolute Gasteiger partial charge is 0.246 e. The molecule has 3 aromatic rings. The first-order valence-electron chi connectivity index (χ1n) is 9.78. The molecule has 1 saturated heterocycles. The minimum Gasteiger partial charge on any atom is -0.339 e. The molecule has 1 atom stereocenters. The van der Waals surface area contributed by atoms with Crippen molar-refractivity contribution in [2.75, 3.05) is 13.1 Å². The monoisotopic (exact) mass is 391 g/mol. The molecule has 4 rings (SSSR count). The van der Waals surface area contributed by atoms with E-state index in [1.54, 1.807) is 24.3 Å². The molecular weight excluding hydrogens is 369 g/mol. The number of hydrogen-bond acceptors (Lipinski definition) is 4. The zero-order valence-electron chi connectivity index (χ0n) is 16.0. The van der Waals surface area contributed by atoms with E-state index in [4.69, 9.17) is 4.52 Å². The molecule has 0 aliphatic carbocycles.